The second-order valence-corrected chi connectivity index (χ2v) is 7.63. The van der Waals surface area contributed by atoms with Crippen LogP contribution in [0.3, 0.4) is 0 Å². The molecule has 0 aliphatic rings. The molecule has 0 saturated heterocycles. The minimum Gasteiger partial charge on any atom is -0.350 e. The molecular weight excluding hydrogens is 371 g/mol. The molecule has 4 aromatic rings. The SMILES string of the molecule is O=C(NCCc1ccccc1F)c1cc2sccc2n1CCc1ccccc1. The van der Waals surface area contributed by atoms with Crippen molar-refractivity contribution in [3.63, 3.8) is 0 Å². The number of halogens is 1. The zero-order chi connectivity index (χ0) is 19.3. The molecule has 4 rings (SSSR count). The topological polar surface area (TPSA) is 34.0 Å². The van der Waals surface area contributed by atoms with Gasteiger partial charge in [0, 0.05) is 13.1 Å². The first-order chi connectivity index (χ1) is 13.7. The van der Waals surface area contributed by atoms with E-state index in [0.29, 0.717) is 24.2 Å². The largest absolute Gasteiger partial charge is 0.350 e. The van der Waals surface area contributed by atoms with E-state index in [1.165, 1.54) is 11.6 Å². The number of thiophene rings is 1. The lowest BCUT2D eigenvalue weighted by atomic mass is 10.1. The molecule has 0 aliphatic carbocycles. The fourth-order valence-electron chi connectivity index (χ4n) is 3.39. The third-order valence-electron chi connectivity index (χ3n) is 4.86. The number of aryl methyl sites for hydroxylation is 2. The lowest BCUT2D eigenvalue weighted by Gasteiger charge is -2.11. The Hall–Kier alpha value is -2.92. The molecule has 3 nitrogen and oxygen atoms in total. The number of amides is 1. The standard InChI is InChI=1S/C23H21FN2OS/c24-19-9-5-4-8-18(19)10-13-25-23(27)21-16-22-20(12-15-28-22)26(21)14-11-17-6-2-1-3-7-17/h1-9,12,15-16H,10-11,13-14H2,(H,25,27). The van der Waals surface area contributed by atoms with Gasteiger partial charge in [-0.05, 0) is 47.5 Å². The molecule has 2 aromatic heterocycles. The van der Waals surface area contributed by atoms with Gasteiger partial charge in [-0.15, -0.1) is 11.3 Å². The van der Waals surface area contributed by atoms with E-state index in [4.69, 9.17) is 0 Å². The fraction of sp³-hybridized carbons (Fsp3) is 0.174. The van der Waals surface area contributed by atoms with Gasteiger partial charge in [-0.1, -0.05) is 48.5 Å². The Balaban J connectivity index is 1.47. The quantitative estimate of drug-likeness (QED) is 0.469. The predicted octanol–water partition coefficient (Wildman–Crippen LogP) is 5.06. The van der Waals surface area contributed by atoms with Gasteiger partial charge in [-0.2, -0.15) is 0 Å². The molecule has 0 radical (unpaired) electrons. The number of carbonyl (C=O) groups excluding carboxylic acids is 1. The van der Waals surface area contributed by atoms with E-state index in [2.05, 4.69) is 28.1 Å². The maximum atomic E-state index is 13.7. The number of aromatic nitrogens is 1. The summed E-state index contributed by atoms with van der Waals surface area (Å²) in [6.07, 6.45) is 1.33. The summed E-state index contributed by atoms with van der Waals surface area (Å²) in [6.45, 7) is 1.14. The molecule has 0 saturated carbocycles. The number of benzene rings is 2. The molecule has 2 heterocycles. The Morgan fingerprint density at radius 1 is 1.00 bits per heavy atom. The zero-order valence-corrected chi connectivity index (χ0v) is 16.2. The molecule has 0 spiro atoms. The Labute approximate surface area is 167 Å². The Morgan fingerprint density at radius 3 is 2.61 bits per heavy atom. The highest BCUT2D eigenvalue weighted by Crippen LogP contribution is 2.25. The predicted molar refractivity (Wildman–Crippen MR) is 112 cm³/mol. The lowest BCUT2D eigenvalue weighted by molar-refractivity contribution is 0.0945. The number of rotatable bonds is 7. The molecule has 1 N–H and O–H groups in total. The van der Waals surface area contributed by atoms with E-state index in [9.17, 15) is 9.18 Å². The fourth-order valence-corrected chi connectivity index (χ4v) is 4.22. The van der Waals surface area contributed by atoms with Gasteiger partial charge in [0.2, 0.25) is 0 Å². The smallest absolute Gasteiger partial charge is 0.267 e. The monoisotopic (exact) mass is 392 g/mol. The summed E-state index contributed by atoms with van der Waals surface area (Å²) in [4.78, 5) is 12.8. The first-order valence-electron chi connectivity index (χ1n) is 9.34. The molecule has 5 heteroatoms. The molecule has 0 atom stereocenters. The van der Waals surface area contributed by atoms with E-state index in [1.807, 2.05) is 35.7 Å². The van der Waals surface area contributed by atoms with E-state index >= 15 is 0 Å². The summed E-state index contributed by atoms with van der Waals surface area (Å²) in [7, 11) is 0. The molecule has 1 amide bonds. The molecule has 0 unspecified atom stereocenters. The summed E-state index contributed by atoms with van der Waals surface area (Å²) in [6, 6.07) is 20.9. The average molecular weight is 392 g/mol. The molecule has 28 heavy (non-hydrogen) atoms. The van der Waals surface area contributed by atoms with Crippen molar-refractivity contribution in [2.24, 2.45) is 0 Å². The van der Waals surface area contributed by atoms with Crippen molar-refractivity contribution in [1.82, 2.24) is 9.88 Å². The van der Waals surface area contributed by atoms with Crippen LogP contribution in [0.2, 0.25) is 0 Å². The summed E-state index contributed by atoms with van der Waals surface area (Å²) in [5, 5.41) is 4.99. The second kappa shape index (κ2) is 8.40. The van der Waals surface area contributed by atoms with Crippen LogP contribution in [-0.2, 0) is 19.4 Å². The van der Waals surface area contributed by atoms with Crippen LogP contribution in [0.4, 0.5) is 4.39 Å². The normalized spacial score (nSPS) is 11.0. The molecule has 0 bridgehead atoms. The van der Waals surface area contributed by atoms with Crippen LogP contribution in [0.15, 0.2) is 72.1 Å². The van der Waals surface area contributed by atoms with Gasteiger partial charge in [0.05, 0.1) is 10.2 Å². The Morgan fingerprint density at radius 2 is 1.79 bits per heavy atom. The third kappa shape index (κ3) is 3.99. The molecule has 0 fully saturated rings. The summed E-state index contributed by atoms with van der Waals surface area (Å²) >= 11 is 1.63. The van der Waals surface area contributed by atoms with Crippen LogP contribution >= 0.6 is 11.3 Å². The molecular formula is C23H21FN2OS. The van der Waals surface area contributed by atoms with Crippen LogP contribution in [0.5, 0.6) is 0 Å². The van der Waals surface area contributed by atoms with E-state index < -0.39 is 0 Å². The minimum absolute atomic E-state index is 0.118. The van der Waals surface area contributed by atoms with Crippen molar-refractivity contribution in [2.45, 2.75) is 19.4 Å². The summed E-state index contributed by atoms with van der Waals surface area (Å²) < 4.78 is 16.9. The van der Waals surface area contributed by atoms with E-state index in [0.717, 1.165) is 23.2 Å². The van der Waals surface area contributed by atoms with Crippen LogP contribution < -0.4 is 5.32 Å². The highest BCUT2D eigenvalue weighted by Gasteiger charge is 2.16. The number of hydrogen-bond donors (Lipinski definition) is 1. The number of nitrogens with zero attached hydrogens (tertiary/aromatic N) is 1. The van der Waals surface area contributed by atoms with Crippen LogP contribution in [0.1, 0.15) is 21.6 Å². The van der Waals surface area contributed by atoms with Crippen molar-refractivity contribution < 1.29 is 9.18 Å². The maximum Gasteiger partial charge on any atom is 0.267 e. The maximum absolute atomic E-state index is 13.7. The van der Waals surface area contributed by atoms with E-state index in [1.54, 1.807) is 23.5 Å². The number of carbonyl (C=O) groups is 1. The number of hydrogen-bond acceptors (Lipinski definition) is 2. The third-order valence-corrected chi connectivity index (χ3v) is 5.71. The summed E-state index contributed by atoms with van der Waals surface area (Å²) in [5.74, 6) is -0.351. The highest BCUT2D eigenvalue weighted by molar-refractivity contribution is 7.17. The number of fused-ring (bicyclic) bond motifs is 1. The van der Waals surface area contributed by atoms with Gasteiger partial charge >= 0.3 is 0 Å². The summed E-state index contributed by atoms with van der Waals surface area (Å²) in [5.41, 5.74) is 3.60. The second-order valence-electron chi connectivity index (χ2n) is 6.68. The first kappa shape index (κ1) is 18.4. The van der Waals surface area contributed by atoms with E-state index in [-0.39, 0.29) is 11.7 Å². The van der Waals surface area contributed by atoms with Gasteiger partial charge in [-0.25, -0.2) is 4.39 Å². The van der Waals surface area contributed by atoms with Crippen molar-refractivity contribution >= 4 is 27.5 Å². The Kier molecular flexibility index (Phi) is 5.53. The van der Waals surface area contributed by atoms with Crippen molar-refractivity contribution in [1.29, 1.82) is 0 Å². The number of nitrogens with one attached hydrogen (secondary N) is 1. The van der Waals surface area contributed by atoms with Gasteiger partial charge in [0.1, 0.15) is 11.5 Å². The van der Waals surface area contributed by atoms with Crippen LogP contribution in [-0.4, -0.2) is 17.0 Å². The van der Waals surface area contributed by atoms with Crippen LogP contribution in [0.25, 0.3) is 10.2 Å². The van der Waals surface area contributed by atoms with Crippen molar-refractivity contribution in [2.75, 3.05) is 6.54 Å². The molecule has 0 aliphatic heterocycles. The zero-order valence-electron chi connectivity index (χ0n) is 15.4. The first-order valence-corrected chi connectivity index (χ1v) is 10.2. The van der Waals surface area contributed by atoms with Crippen molar-refractivity contribution in [3.05, 3.63) is 94.7 Å². The molecule has 142 valence electrons. The highest BCUT2D eigenvalue weighted by atomic mass is 32.1. The van der Waals surface area contributed by atoms with Gasteiger partial charge in [-0.3, -0.25) is 4.79 Å². The van der Waals surface area contributed by atoms with Crippen molar-refractivity contribution in [3.8, 4) is 0 Å². The molecule has 2 aromatic carbocycles. The van der Waals surface area contributed by atoms with Crippen LogP contribution in [0, 0.1) is 5.82 Å². The minimum atomic E-state index is -0.233. The van der Waals surface area contributed by atoms with Gasteiger partial charge < -0.3 is 9.88 Å². The lowest BCUT2D eigenvalue weighted by Crippen LogP contribution is -2.28. The van der Waals surface area contributed by atoms with Gasteiger partial charge in [0.15, 0.2) is 0 Å². The van der Waals surface area contributed by atoms with Gasteiger partial charge in [0.25, 0.3) is 5.91 Å². The average Bonchev–Trinajstić information content (AvgIpc) is 3.30. The Bertz CT molecular complexity index is 1080.